The Balaban J connectivity index is 2.20. The second-order valence-corrected chi connectivity index (χ2v) is 4.00. The molecule has 1 N–H and O–H groups in total. The number of amides is 1. The van der Waals surface area contributed by atoms with Crippen molar-refractivity contribution in [1.29, 1.82) is 0 Å². The molecule has 80 valence electrons. The topological polar surface area (TPSA) is 60.9 Å². The van der Waals surface area contributed by atoms with E-state index in [1.54, 1.807) is 4.90 Å². The van der Waals surface area contributed by atoms with E-state index in [0.717, 1.165) is 0 Å². The van der Waals surface area contributed by atoms with Gasteiger partial charge in [0, 0.05) is 19.0 Å². The summed E-state index contributed by atoms with van der Waals surface area (Å²) in [6.45, 7) is 1.59. The fourth-order valence-electron chi connectivity index (χ4n) is 1.52. The highest BCUT2D eigenvalue weighted by atomic mass is 16.4. The first-order chi connectivity index (χ1) is 6.49. The van der Waals surface area contributed by atoms with Crippen LogP contribution in [-0.4, -0.2) is 60.5 Å². The van der Waals surface area contributed by atoms with E-state index in [0.29, 0.717) is 19.6 Å². The number of nitrogens with zero attached hydrogens (tertiary/aromatic N) is 2. The van der Waals surface area contributed by atoms with Crippen molar-refractivity contribution in [3.63, 3.8) is 0 Å². The van der Waals surface area contributed by atoms with E-state index in [1.807, 2.05) is 19.0 Å². The molecule has 0 radical (unpaired) electrons. The smallest absolute Gasteiger partial charge is 0.303 e. The lowest BCUT2D eigenvalue weighted by atomic mass is 9.96. The molecular formula is C9H16N2O3. The summed E-state index contributed by atoms with van der Waals surface area (Å²) >= 11 is 0. The lowest BCUT2D eigenvalue weighted by Crippen LogP contribution is -2.52. The number of likely N-dealkylation sites (N-methyl/N-ethyl adjacent to an activating group) is 1. The standard InChI is InChI=1S/C9H16N2O3/c1-10(2)6-8(12)11-4-7(5-11)3-9(13)14/h7H,3-6H2,1-2H3,(H,13,14). The first-order valence-corrected chi connectivity index (χ1v) is 4.63. The van der Waals surface area contributed by atoms with Crippen LogP contribution in [0.3, 0.4) is 0 Å². The first kappa shape index (κ1) is 11.0. The molecule has 0 aromatic heterocycles. The number of carboxylic acid groups (broad SMARTS) is 1. The van der Waals surface area contributed by atoms with Crippen LogP contribution in [0.5, 0.6) is 0 Å². The monoisotopic (exact) mass is 200 g/mol. The summed E-state index contributed by atoms with van der Waals surface area (Å²) in [4.78, 5) is 25.3. The summed E-state index contributed by atoms with van der Waals surface area (Å²) in [5.41, 5.74) is 0. The van der Waals surface area contributed by atoms with Gasteiger partial charge in [-0.25, -0.2) is 0 Å². The molecule has 14 heavy (non-hydrogen) atoms. The molecule has 1 aliphatic rings. The number of carbonyl (C=O) groups is 2. The molecule has 0 aliphatic carbocycles. The van der Waals surface area contributed by atoms with E-state index in [2.05, 4.69) is 0 Å². The molecule has 1 rings (SSSR count). The lowest BCUT2D eigenvalue weighted by Gasteiger charge is -2.39. The summed E-state index contributed by atoms with van der Waals surface area (Å²) in [6.07, 6.45) is 0.172. The molecule has 0 spiro atoms. The number of hydrogen-bond donors (Lipinski definition) is 1. The third kappa shape index (κ3) is 2.99. The quantitative estimate of drug-likeness (QED) is 0.663. The number of carboxylic acids is 1. The molecule has 0 aromatic carbocycles. The minimum atomic E-state index is -0.783. The number of carbonyl (C=O) groups excluding carboxylic acids is 1. The molecular weight excluding hydrogens is 184 g/mol. The highest BCUT2D eigenvalue weighted by Crippen LogP contribution is 2.18. The van der Waals surface area contributed by atoms with E-state index >= 15 is 0 Å². The highest BCUT2D eigenvalue weighted by molar-refractivity contribution is 5.79. The predicted molar refractivity (Wildman–Crippen MR) is 50.9 cm³/mol. The number of hydrogen-bond acceptors (Lipinski definition) is 3. The molecule has 5 nitrogen and oxygen atoms in total. The van der Waals surface area contributed by atoms with Crippen LogP contribution in [0.2, 0.25) is 0 Å². The Bertz CT molecular complexity index is 234. The van der Waals surface area contributed by atoms with Crippen molar-refractivity contribution < 1.29 is 14.7 Å². The number of likely N-dealkylation sites (tertiary alicyclic amines) is 1. The van der Waals surface area contributed by atoms with Crippen molar-refractivity contribution >= 4 is 11.9 Å². The second-order valence-electron chi connectivity index (χ2n) is 4.00. The van der Waals surface area contributed by atoms with Crippen molar-refractivity contribution in [3.05, 3.63) is 0 Å². The summed E-state index contributed by atoms with van der Waals surface area (Å²) in [7, 11) is 3.68. The molecule has 1 amide bonds. The van der Waals surface area contributed by atoms with Crippen molar-refractivity contribution in [1.82, 2.24) is 9.80 Å². The Morgan fingerprint density at radius 3 is 2.43 bits per heavy atom. The zero-order chi connectivity index (χ0) is 10.7. The lowest BCUT2D eigenvalue weighted by molar-refractivity contribution is -0.145. The first-order valence-electron chi connectivity index (χ1n) is 4.63. The van der Waals surface area contributed by atoms with Crippen LogP contribution in [0.15, 0.2) is 0 Å². The molecule has 0 saturated carbocycles. The largest absolute Gasteiger partial charge is 0.481 e. The molecule has 0 aromatic rings. The van der Waals surface area contributed by atoms with E-state index in [9.17, 15) is 9.59 Å². The van der Waals surface area contributed by atoms with E-state index in [4.69, 9.17) is 5.11 Å². The molecule has 5 heteroatoms. The normalized spacial score (nSPS) is 16.9. The summed E-state index contributed by atoms with van der Waals surface area (Å²) < 4.78 is 0. The zero-order valence-electron chi connectivity index (χ0n) is 8.56. The summed E-state index contributed by atoms with van der Waals surface area (Å²) in [6, 6.07) is 0. The van der Waals surface area contributed by atoms with Crippen LogP contribution < -0.4 is 0 Å². The van der Waals surface area contributed by atoms with Gasteiger partial charge in [0.2, 0.25) is 5.91 Å². The van der Waals surface area contributed by atoms with Crippen LogP contribution >= 0.6 is 0 Å². The van der Waals surface area contributed by atoms with Crippen molar-refractivity contribution in [2.75, 3.05) is 33.7 Å². The molecule has 0 bridgehead atoms. The van der Waals surface area contributed by atoms with Gasteiger partial charge in [0.15, 0.2) is 0 Å². The van der Waals surface area contributed by atoms with Crippen molar-refractivity contribution in [3.8, 4) is 0 Å². The van der Waals surface area contributed by atoms with Gasteiger partial charge in [-0.05, 0) is 14.1 Å². The van der Waals surface area contributed by atoms with Gasteiger partial charge >= 0.3 is 5.97 Å². The SMILES string of the molecule is CN(C)CC(=O)N1CC(CC(=O)O)C1. The average Bonchev–Trinajstić information content (AvgIpc) is 1.93. The van der Waals surface area contributed by atoms with Crippen LogP contribution in [0, 0.1) is 5.92 Å². The van der Waals surface area contributed by atoms with Crippen molar-refractivity contribution in [2.45, 2.75) is 6.42 Å². The number of aliphatic carboxylic acids is 1. The van der Waals surface area contributed by atoms with Gasteiger partial charge in [0.1, 0.15) is 0 Å². The van der Waals surface area contributed by atoms with Gasteiger partial charge in [0.25, 0.3) is 0 Å². The highest BCUT2D eigenvalue weighted by Gasteiger charge is 2.31. The molecule has 1 saturated heterocycles. The molecule has 0 atom stereocenters. The van der Waals surface area contributed by atoms with Gasteiger partial charge in [-0.2, -0.15) is 0 Å². The van der Waals surface area contributed by atoms with Gasteiger partial charge in [-0.1, -0.05) is 0 Å². The molecule has 1 aliphatic heterocycles. The van der Waals surface area contributed by atoms with Crippen LogP contribution in [-0.2, 0) is 9.59 Å². The van der Waals surface area contributed by atoms with Crippen LogP contribution in [0.1, 0.15) is 6.42 Å². The Morgan fingerprint density at radius 1 is 1.43 bits per heavy atom. The van der Waals surface area contributed by atoms with Gasteiger partial charge in [-0.3, -0.25) is 9.59 Å². The second kappa shape index (κ2) is 4.41. The maximum Gasteiger partial charge on any atom is 0.303 e. The van der Waals surface area contributed by atoms with Gasteiger partial charge in [-0.15, -0.1) is 0 Å². The van der Waals surface area contributed by atoms with E-state index in [1.165, 1.54) is 0 Å². The minimum Gasteiger partial charge on any atom is -0.481 e. The predicted octanol–water partition coefficient (Wildman–Crippen LogP) is -0.519. The Hall–Kier alpha value is -1.10. The van der Waals surface area contributed by atoms with Gasteiger partial charge < -0.3 is 14.9 Å². The fraction of sp³-hybridized carbons (Fsp3) is 0.778. The minimum absolute atomic E-state index is 0.0802. The molecule has 1 heterocycles. The Kier molecular flexibility index (Phi) is 3.46. The van der Waals surface area contributed by atoms with Crippen molar-refractivity contribution in [2.24, 2.45) is 5.92 Å². The van der Waals surface area contributed by atoms with E-state index in [-0.39, 0.29) is 18.2 Å². The maximum absolute atomic E-state index is 11.4. The van der Waals surface area contributed by atoms with E-state index < -0.39 is 5.97 Å². The van der Waals surface area contributed by atoms with Crippen LogP contribution in [0.4, 0.5) is 0 Å². The zero-order valence-corrected chi connectivity index (χ0v) is 8.56. The Morgan fingerprint density at radius 2 is 2.00 bits per heavy atom. The average molecular weight is 200 g/mol. The summed E-state index contributed by atoms with van der Waals surface area (Å²) in [5.74, 6) is -0.551. The van der Waals surface area contributed by atoms with Gasteiger partial charge in [0.05, 0.1) is 13.0 Å². The third-order valence-electron chi connectivity index (χ3n) is 2.22. The Labute approximate surface area is 83.3 Å². The maximum atomic E-state index is 11.4. The number of rotatable bonds is 4. The third-order valence-corrected chi connectivity index (χ3v) is 2.22. The molecule has 1 fully saturated rings. The fourth-order valence-corrected chi connectivity index (χ4v) is 1.52. The summed E-state index contributed by atoms with van der Waals surface area (Å²) in [5, 5.41) is 8.51. The van der Waals surface area contributed by atoms with Crippen LogP contribution in [0.25, 0.3) is 0 Å². The molecule has 0 unspecified atom stereocenters.